The molecule has 0 saturated carbocycles. The molecule has 36 heavy (non-hydrogen) atoms. The van der Waals surface area contributed by atoms with E-state index in [4.69, 9.17) is 24.1 Å². The number of anilines is 3. The van der Waals surface area contributed by atoms with E-state index in [0.29, 0.717) is 29.2 Å². The zero-order chi connectivity index (χ0) is 25.3. The highest BCUT2D eigenvalue weighted by Gasteiger charge is 2.16. The average Bonchev–Trinajstić information content (AvgIpc) is 3.47. The highest BCUT2D eigenvalue weighted by atomic mass is 16.5. The first kappa shape index (κ1) is 25.1. The molecule has 0 fully saturated rings. The summed E-state index contributed by atoms with van der Waals surface area (Å²) in [5, 5.41) is 3.40. The van der Waals surface area contributed by atoms with Crippen molar-refractivity contribution in [1.82, 2.24) is 24.8 Å². The number of hydrogen-bond acceptors (Lipinski definition) is 9. The second-order valence-corrected chi connectivity index (χ2v) is 8.27. The van der Waals surface area contributed by atoms with Gasteiger partial charge in [-0.2, -0.15) is 15.0 Å². The normalized spacial score (nSPS) is 11.0. The molecule has 188 valence electrons. The summed E-state index contributed by atoms with van der Waals surface area (Å²) >= 11 is 0. The van der Waals surface area contributed by atoms with Gasteiger partial charge in [-0.15, -0.1) is 0 Å². The van der Waals surface area contributed by atoms with Crippen LogP contribution in [-0.2, 0) is 0 Å². The largest absolute Gasteiger partial charge is 0.496 e. The number of rotatable bonds is 12. The molecule has 0 unspecified atom stereocenters. The number of benzene rings is 2. The predicted molar refractivity (Wildman–Crippen MR) is 143 cm³/mol. The summed E-state index contributed by atoms with van der Waals surface area (Å²) in [5.74, 6) is 3.01. The van der Waals surface area contributed by atoms with Crippen LogP contribution in [0.1, 0.15) is 20.3 Å². The van der Waals surface area contributed by atoms with E-state index < -0.39 is 0 Å². The van der Waals surface area contributed by atoms with Crippen molar-refractivity contribution >= 4 is 17.6 Å². The molecule has 0 aliphatic rings. The maximum Gasteiger partial charge on any atom is 0.235 e. The van der Waals surface area contributed by atoms with Gasteiger partial charge >= 0.3 is 0 Å². The van der Waals surface area contributed by atoms with Crippen LogP contribution in [0.15, 0.2) is 65.5 Å². The molecule has 4 rings (SSSR count). The average molecular weight is 488 g/mol. The van der Waals surface area contributed by atoms with E-state index in [9.17, 15) is 0 Å². The molecule has 9 nitrogen and oxygen atoms in total. The second kappa shape index (κ2) is 12.1. The van der Waals surface area contributed by atoms with E-state index in [1.54, 1.807) is 13.3 Å². The number of hydrogen-bond donors (Lipinski definition) is 1. The molecule has 0 atom stereocenters. The molecule has 2 aromatic heterocycles. The summed E-state index contributed by atoms with van der Waals surface area (Å²) in [6.07, 6.45) is 4.07. The summed E-state index contributed by atoms with van der Waals surface area (Å²) in [5.41, 5.74) is 2.62. The molecule has 0 amide bonds. The standard InChI is InChI=1S/C27H33N7O2/c1-5-34(6-2)16-10-15-29-26-30-25(20-11-8-7-9-12-20)31-27(32-26)33(3)21-13-14-22(23(17-21)35-4)24-18-28-19-36-24/h7-9,11-14,17-19H,5-6,10,15-16H2,1-4H3,(H,29,30,31,32). The van der Waals surface area contributed by atoms with E-state index >= 15 is 0 Å². The Balaban J connectivity index is 1.61. The lowest BCUT2D eigenvalue weighted by Gasteiger charge is -2.20. The fraction of sp³-hybridized carbons (Fsp3) is 0.333. The Kier molecular flexibility index (Phi) is 8.46. The Bertz CT molecular complexity index is 1230. The van der Waals surface area contributed by atoms with Crippen LogP contribution < -0.4 is 15.0 Å². The quantitative estimate of drug-likeness (QED) is 0.274. The van der Waals surface area contributed by atoms with Crippen LogP contribution in [-0.4, -0.2) is 65.2 Å². The Morgan fingerprint density at radius 2 is 1.81 bits per heavy atom. The summed E-state index contributed by atoms with van der Waals surface area (Å²) in [6, 6.07) is 15.8. The first-order chi connectivity index (χ1) is 17.6. The first-order valence-electron chi connectivity index (χ1n) is 12.2. The van der Waals surface area contributed by atoms with E-state index in [2.05, 4.69) is 29.0 Å². The van der Waals surface area contributed by atoms with Crippen molar-refractivity contribution in [3.8, 4) is 28.5 Å². The Morgan fingerprint density at radius 3 is 2.50 bits per heavy atom. The molecule has 0 bridgehead atoms. The lowest BCUT2D eigenvalue weighted by molar-refractivity contribution is 0.303. The van der Waals surface area contributed by atoms with Crippen LogP contribution >= 0.6 is 0 Å². The second-order valence-electron chi connectivity index (χ2n) is 8.27. The van der Waals surface area contributed by atoms with E-state index in [1.165, 1.54) is 6.39 Å². The SMILES string of the molecule is CCN(CC)CCCNc1nc(-c2ccccc2)nc(N(C)c2ccc(-c3cnco3)c(OC)c2)n1. The van der Waals surface area contributed by atoms with Gasteiger partial charge < -0.3 is 24.3 Å². The molecule has 4 aromatic rings. The molecule has 0 aliphatic carbocycles. The van der Waals surface area contributed by atoms with Gasteiger partial charge in [0.1, 0.15) is 5.75 Å². The zero-order valence-corrected chi connectivity index (χ0v) is 21.3. The van der Waals surface area contributed by atoms with Crippen molar-refractivity contribution in [1.29, 1.82) is 0 Å². The molecule has 0 aliphatic heterocycles. The van der Waals surface area contributed by atoms with E-state index in [1.807, 2.05) is 60.5 Å². The van der Waals surface area contributed by atoms with Crippen LogP contribution in [0.2, 0.25) is 0 Å². The maximum absolute atomic E-state index is 5.63. The third kappa shape index (κ3) is 5.98. The van der Waals surface area contributed by atoms with Crippen LogP contribution in [0, 0.1) is 0 Å². The lowest BCUT2D eigenvalue weighted by Crippen LogP contribution is -2.25. The number of oxazole rings is 1. The molecular weight excluding hydrogens is 454 g/mol. The number of nitrogens with zero attached hydrogens (tertiary/aromatic N) is 6. The Labute approximate surface area is 212 Å². The molecule has 0 radical (unpaired) electrons. The zero-order valence-electron chi connectivity index (χ0n) is 21.3. The minimum Gasteiger partial charge on any atom is -0.496 e. The fourth-order valence-corrected chi connectivity index (χ4v) is 3.91. The third-order valence-electron chi connectivity index (χ3n) is 6.05. The number of methoxy groups -OCH3 is 1. The number of aromatic nitrogens is 4. The van der Waals surface area contributed by atoms with Crippen LogP contribution in [0.5, 0.6) is 5.75 Å². The van der Waals surface area contributed by atoms with Crippen molar-refractivity contribution < 1.29 is 9.15 Å². The van der Waals surface area contributed by atoms with Gasteiger partial charge in [0.2, 0.25) is 11.9 Å². The van der Waals surface area contributed by atoms with Gasteiger partial charge in [-0.1, -0.05) is 44.2 Å². The van der Waals surface area contributed by atoms with Gasteiger partial charge in [0, 0.05) is 30.9 Å². The summed E-state index contributed by atoms with van der Waals surface area (Å²) in [6.45, 7) is 8.27. The van der Waals surface area contributed by atoms with Crippen molar-refractivity contribution in [2.45, 2.75) is 20.3 Å². The Hall–Kier alpha value is -3.98. The van der Waals surface area contributed by atoms with Gasteiger partial charge in [-0.3, -0.25) is 0 Å². The van der Waals surface area contributed by atoms with Crippen molar-refractivity contribution in [2.24, 2.45) is 0 Å². The number of ether oxygens (including phenoxy) is 1. The van der Waals surface area contributed by atoms with Gasteiger partial charge in [0.05, 0.1) is 18.9 Å². The molecule has 2 heterocycles. The van der Waals surface area contributed by atoms with Crippen molar-refractivity contribution in [3.63, 3.8) is 0 Å². The highest BCUT2D eigenvalue weighted by Crippen LogP contribution is 2.35. The minimum absolute atomic E-state index is 0.532. The molecule has 1 N–H and O–H groups in total. The monoisotopic (exact) mass is 487 g/mol. The predicted octanol–water partition coefficient (Wildman–Crippen LogP) is 5.11. The molecular formula is C27H33N7O2. The van der Waals surface area contributed by atoms with Crippen LogP contribution in [0.3, 0.4) is 0 Å². The van der Waals surface area contributed by atoms with Gasteiger partial charge in [0.25, 0.3) is 0 Å². The van der Waals surface area contributed by atoms with Crippen molar-refractivity contribution in [2.75, 3.05) is 50.6 Å². The molecule has 0 saturated heterocycles. The van der Waals surface area contributed by atoms with Crippen LogP contribution in [0.4, 0.5) is 17.6 Å². The van der Waals surface area contributed by atoms with Crippen molar-refractivity contribution in [3.05, 3.63) is 61.1 Å². The lowest BCUT2D eigenvalue weighted by atomic mass is 10.1. The Morgan fingerprint density at radius 1 is 1.00 bits per heavy atom. The first-order valence-corrected chi connectivity index (χ1v) is 12.2. The smallest absolute Gasteiger partial charge is 0.235 e. The fourth-order valence-electron chi connectivity index (χ4n) is 3.91. The summed E-state index contributed by atoms with van der Waals surface area (Å²) in [7, 11) is 3.56. The highest BCUT2D eigenvalue weighted by molar-refractivity contribution is 5.72. The molecule has 9 heteroatoms. The van der Waals surface area contributed by atoms with Gasteiger partial charge in [-0.25, -0.2) is 4.98 Å². The van der Waals surface area contributed by atoms with E-state index in [0.717, 1.165) is 49.4 Å². The maximum atomic E-state index is 5.63. The van der Waals surface area contributed by atoms with Gasteiger partial charge in [0.15, 0.2) is 18.0 Å². The minimum atomic E-state index is 0.532. The topological polar surface area (TPSA) is 92.4 Å². The summed E-state index contributed by atoms with van der Waals surface area (Å²) in [4.78, 5) is 22.5. The van der Waals surface area contributed by atoms with Crippen LogP contribution in [0.25, 0.3) is 22.7 Å². The molecule has 0 spiro atoms. The van der Waals surface area contributed by atoms with E-state index in [-0.39, 0.29) is 0 Å². The summed E-state index contributed by atoms with van der Waals surface area (Å²) < 4.78 is 11.1. The molecule has 2 aromatic carbocycles. The van der Waals surface area contributed by atoms with Gasteiger partial charge in [-0.05, 0) is 38.2 Å². The number of nitrogens with one attached hydrogen (secondary N) is 1. The third-order valence-corrected chi connectivity index (χ3v) is 6.05.